The van der Waals surface area contributed by atoms with Gasteiger partial charge in [0, 0.05) is 39.3 Å². The summed E-state index contributed by atoms with van der Waals surface area (Å²) in [5.74, 6) is -6.48. The summed E-state index contributed by atoms with van der Waals surface area (Å²) in [5.41, 5.74) is 0. The topological polar surface area (TPSA) is 254 Å². The predicted octanol–water partition coefficient (Wildman–Crippen LogP) is -0.839. The Hall–Kier alpha value is -3.83. The molecule has 0 atom stereocenters. The molecule has 17 nitrogen and oxygen atoms in total. The third kappa shape index (κ3) is 16.5. The minimum atomic E-state index is -1.18. The Morgan fingerprint density at radius 3 is 1.04 bits per heavy atom. The molecule has 0 aromatic heterocycles. The largest absolute Gasteiger partial charge is 0.481 e. The van der Waals surface area contributed by atoms with Crippen LogP contribution < -0.4 is 10.6 Å². The molecule has 0 bridgehead atoms. The first-order valence-electron chi connectivity index (χ1n) is 16.0. The number of nitrogens with zero attached hydrogens (tertiary/aromatic N) is 3. The third-order valence-electron chi connectivity index (χ3n) is 8.84. The summed E-state index contributed by atoms with van der Waals surface area (Å²) in [5, 5.41) is 52.0. The molecular formula is C30H49N5O12. The lowest BCUT2D eigenvalue weighted by molar-refractivity contribution is -0.144. The molecule has 2 aliphatic carbocycles. The van der Waals surface area contributed by atoms with Crippen LogP contribution in [0.25, 0.3) is 0 Å². The second-order valence-electron chi connectivity index (χ2n) is 12.6. The number of amides is 2. The van der Waals surface area contributed by atoms with Gasteiger partial charge in [-0.15, -0.1) is 0 Å². The summed E-state index contributed by atoms with van der Waals surface area (Å²) in [7, 11) is 0. The van der Waals surface area contributed by atoms with E-state index in [1.165, 1.54) is 14.7 Å². The van der Waals surface area contributed by atoms with Crippen LogP contribution in [0.3, 0.4) is 0 Å². The van der Waals surface area contributed by atoms with E-state index in [1.54, 1.807) is 0 Å². The van der Waals surface area contributed by atoms with Crippen molar-refractivity contribution in [3.63, 3.8) is 0 Å². The highest BCUT2D eigenvalue weighted by atomic mass is 16.4. The van der Waals surface area contributed by atoms with Crippen molar-refractivity contribution < 1.29 is 59.1 Å². The lowest BCUT2D eigenvalue weighted by Gasteiger charge is -2.29. The van der Waals surface area contributed by atoms with Crippen LogP contribution in [0.1, 0.15) is 51.4 Å². The molecule has 0 heterocycles. The van der Waals surface area contributed by atoms with E-state index >= 15 is 0 Å². The van der Waals surface area contributed by atoms with E-state index in [2.05, 4.69) is 10.6 Å². The van der Waals surface area contributed by atoms with Crippen molar-refractivity contribution >= 4 is 41.7 Å². The number of aliphatic carboxylic acids is 5. The number of carboxylic acids is 5. The monoisotopic (exact) mass is 671 g/mol. The van der Waals surface area contributed by atoms with E-state index in [-0.39, 0.29) is 62.9 Å². The van der Waals surface area contributed by atoms with Gasteiger partial charge in [-0.1, -0.05) is 0 Å². The molecule has 2 rings (SSSR count). The number of carbonyl (C=O) groups excluding carboxylic acids is 2. The van der Waals surface area contributed by atoms with Crippen molar-refractivity contribution in [3.05, 3.63) is 0 Å². The minimum Gasteiger partial charge on any atom is -0.481 e. The summed E-state index contributed by atoms with van der Waals surface area (Å²) in [6.45, 7) is -1.02. The zero-order valence-corrected chi connectivity index (χ0v) is 26.7. The average molecular weight is 672 g/mol. The molecule has 0 saturated heterocycles. The molecule has 0 aliphatic heterocycles. The number of carboxylic acid groups (broad SMARTS) is 5. The highest BCUT2D eigenvalue weighted by Crippen LogP contribution is 2.29. The van der Waals surface area contributed by atoms with Crippen molar-refractivity contribution in [3.8, 4) is 0 Å². The zero-order chi connectivity index (χ0) is 34.9. The number of rotatable bonds is 22. The SMILES string of the molecule is O=C(O)CN(CCN(CC(=O)O)CC(=O)NCC1CCC(C(=O)O)CC1)CCN(CC(=O)O)CC(=O)NCC1CCC(C(=O)O)CC1. The Morgan fingerprint density at radius 1 is 0.447 bits per heavy atom. The van der Waals surface area contributed by atoms with E-state index in [1.807, 2.05) is 0 Å². The Labute approximate surface area is 273 Å². The minimum absolute atomic E-state index is 0.0280. The Kier molecular flexibility index (Phi) is 17.1. The van der Waals surface area contributed by atoms with Crippen LogP contribution in [-0.2, 0) is 33.6 Å². The van der Waals surface area contributed by atoms with Crippen molar-refractivity contribution in [1.29, 1.82) is 0 Å². The van der Waals surface area contributed by atoms with E-state index in [4.69, 9.17) is 10.2 Å². The highest BCUT2D eigenvalue weighted by Gasteiger charge is 2.28. The van der Waals surface area contributed by atoms with Gasteiger partial charge in [0.05, 0.1) is 44.6 Å². The zero-order valence-electron chi connectivity index (χ0n) is 26.7. The van der Waals surface area contributed by atoms with Crippen LogP contribution in [0.2, 0.25) is 0 Å². The van der Waals surface area contributed by atoms with E-state index < -0.39 is 61.3 Å². The maximum absolute atomic E-state index is 12.6. The number of carbonyl (C=O) groups is 7. The normalized spacial score (nSPS) is 21.3. The number of hydrogen-bond acceptors (Lipinski definition) is 10. The summed E-state index contributed by atoms with van der Waals surface area (Å²) in [6.07, 6.45) is 4.79. The van der Waals surface area contributed by atoms with Crippen LogP contribution in [0, 0.1) is 23.7 Å². The van der Waals surface area contributed by atoms with Crippen molar-refractivity contribution in [2.75, 3.05) is 72.0 Å². The molecule has 2 fully saturated rings. The van der Waals surface area contributed by atoms with Gasteiger partial charge in [0.2, 0.25) is 11.8 Å². The predicted molar refractivity (Wildman–Crippen MR) is 164 cm³/mol. The maximum atomic E-state index is 12.6. The lowest BCUT2D eigenvalue weighted by Crippen LogP contribution is -2.47. The highest BCUT2D eigenvalue weighted by molar-refractivity contribution is 5.79. The molecule has 0 radical (unpaired) electrons. The molecule has 0 aromatic rings. The molecular weight excluding hydrogens is 622 g/mol. The van der Waals surface area contributed by atoms with Gasteiger partial charge >= 0.3 is 29.8 Å². The quantitative estimate of drug-likeness (QED) is 0.0741. The molecule has 2 saturated carbocycles. The van der Waals surface area contributed by atoms with Crippen molar-refractivity contribution in [2.24, 2.45) is 23.7 Å². The van der Waals surface area contributed by atoms with Gasteiger partial charge in [-0.2, -0.15) is 0 Å². The molecule has 0 spiro atoms. The van der Waals surface area contributed by atoms with Crippen LogP contribution >= 0.6 is 0 Å². The van der Waals surface area contributed by atoms with Crippen LogP contribution in [0.15, 0.2) is 0 Å². The molecule has 0 aromatic carbocycles. The van der Waals surface area contributed by atoms with E-state index in [0.29, 0.717) is 64.5 Å². The van der Waals surface area contributed by atoms with Crippen LogP contribution in [0.5, 0.6) is 0 Å². The third-order valence-corrected chi connectivity index (χ3v) is 8.84. The number of hydrogen-bond donors (Lipinski definition) is 7. The van der Waals surface area contributed by atoms with Crippen LogP contribution in [-0.4, -0.2) is 154 Å². The second kappa shape index (κ2) is 20.4. The molecule has 266 valence electrons. The van der Waals surface area contributed by atoms with Gasteiger partial charge in [0.1, 0.15) is 0 Å². The van der Waals surface area contributed by atoms with E-state index in [0.717, 1.165) is 0 Å². The first kappa shape index (κ1) is 39.3. The van der Waals surface area contributed by atoms with Gasteiger partial charge in [0.25, 0.3) is 0 Å². The standard InChI is InChI=1S/C30H49N5O12/c36-24(31-13-20-1-5-22(6-2-20)29(44)45)15-34(18-27(40)41)11-9-33(17-26(38)39)10-12-35(19-28(42)43)16-25(37)32-14-21-3-7-23(8-4-21)30(46)47/h20-23H,1-19H2,(H,31,36)(H,32,37)(H,38,39)(H,40,41)(H,42,43)(H,44,45)(H,46,47). The van der Waals surface area contributed by atoms with Gasteiger partial charge < -0.3 is 36.2 Å². The lowest BCUT2D eigenvalue weighted by atomic mass is 9.82. The van der Waals surface area contributed by atoms with Gasteiger partial charge in [-0.25, -0.2) is 0 Å². The molecule has 7 N–H and O–H groups in total. The molecule has 17 heteroatoms. The Morgan fingerprint density at radius 2 is 0.745 bits per heavy atom. The molecule has 2 amide bonds. The summed E-state index contributed by atoms with van der Waals surface area (Å²) in [6, 6.07) is 0. The van der Waals surface area contributed by atoms with Gasteiger partial charge in [-0.3, -0.25) is 48.3 Å². The molecule has 2 aliphatic rings. The van der Waals surface area contributed by atoms with Gasteiger partial charge in [-0.05, 0) is 63.2 Å². The van der Waals surface area contributed by atoms with Crippen molar-refractivity contribution in [1.82, 2.24) is 25.3 Å². The molecule has 47 heavy (non-hydrogen) atoms. The fraction of sp³-hybridized carbons (Fsp3) is 0.767. The smallest absolute Gasteiger partial charge is 0.317 e. The summed E-state index contributed by atoms with van der Waals surface area (Å²) in [4.78, 5) is 86.2. The van der Waals surface area contributed by atoms with Gasteiger partial charge in [0.15, 0.2) is 0 Å². The Bertz CT molecular complexity index is 1010. The summed E-state index contributed by atoms with van der Waals surface area (Å²) >= 11 is 0. The van der Waals surface area contributed by atoms with E-state index in [9.17, 15) is 48.9 Å². The van der Waals surface area contributed by atoms with Crippen molar-refractivity contribution in [2.45, 2.75) is 51.4 Å². The average Bonchev–Trinajstić information content (AvgIpc) is 2.99. The fourth-order valence-electron chi connectivity index (χ4n) is 6.10. The molecule has 0 unspecified atom stereocenters. The maximum Gasteiger partial charge on any atom is 0.317 e. The van der Waals surface area contributed by atoms with Crippen LogP contribution in [0.4, 0.5) is 0 Å². The second-order valence-corrected chi connectivity index (χ2v) is 12.6. The Balaban J connectivity index is 1.86. The first-order chi connectivity index (χ1) is 22.2. The number of nitrogens with one attached hydrogen (secondary N) is 2. The fourth-order valence-corrected chi connectivity index (χ4v) is 6.10. The first-order valence-corrected chi connectivity index (χ1v) is 16.0. The summed E-state index contributed by atoms with van der Waals surface area (Å²) < 4.78 is 0.